The molecule has 106 valence electrons. The van der Waals surface area contributed by atoms with Gasteiger partial charge in [-0.3, -0.25) is 0 Å². The van der Waals surface area contributed by atoms with Gasteiger partial charge in [0.05, 0.1) is 0 Å². The van der Waals surface area contributed by atoms with Crippen LogP contribution in [0.2, 0.25) is 0 Å². The summed E-state index contributed by atoms with van der Waals surface area (Å²) in [6.45, 7) is 10.3. The van der Waals surface area contributed by atoms with Crippen molar-refractivity contribution in [2.45, 2.75) is 65.3 Å². The first kappa shape index (κ1) is 14.6. The van der Waals surface area contributed by atoms with Crippen molar-refractivity contribution >= 4 is 0 Å². The average molecular weight is 259 g/mol. The number of hydrogen-bond donors (Lipinski definition) is 1. The van der Waals surface area contributed by atoms with Crippen LogP contribution < -0.4 is 5.32 Å². The molecule has 0 spiro atoms. The van der Waals surface area contributed by atoms with E-state index in [4.69, 9.17) is 0 Å². The van der Waals surface area contributed by atoms with E-state index >= 15 is 0 Å². The molecule has 0 radical (unpaired) electrons. The number of nitrogens with one attached hydrogen (secondary N) is 1. The number of benzene rings is 1. The Morgan fingerprint density at radius 1 is 1.26 bits per heavy atom. The normalized spacial score (nSPS) is 20.3. The van der Waals surface area contributed by atoms with Crippen LogP contribution in [0.1, 0.15) is 64.0 Å². The lowest BCUT2D eigenvalue weighted by atomic mass is 9.83. The summed E-state index contributed by atoms with van der Waals surface area (Å²) >= 11 is 0. The summed E-state index contributed by atoms with van der Waals surface area (Å²) in [6.07, 6.45) is 5.17. The van der Waals surface area contributed by atoms with Crippen molar-refractivity contribution < 1.29 is 0 Å². The average Bonchev–Trinajstić information content (AvgIpc) is 2.77. The van der Waals surface area contributed by atoms with Gasteiger partial charge < -0.3 is 5.32 Å². The maximum absolute atomic E-state index is 3.74. The Labute approximate surface area is 118 Å². The van der Waals surface area contributed by atoms with Gasteiger partial charge in [0.25, 0.3) is 0 Å². The molecule has 0 saturated heterocycles. The molecule has 0 amide bonds. The topological polar surface area (TPSA) is 12.0 Å². The highest BCUT2D eigenvalue weighted by Gasteiger charge is 2.29. The summed E-state index contributed by atoms with van der Waals surface area (Å²) < 4.78 is 0. The van der Waals surface area contributed by atoms with Crippen LogP contribution in [-0.4, -0.2) is 12.6 Å². The van der Waals surface area contributed by atoms with Crippen molar-refractivity contribution in [3.8, 4) is 0 Å². The van der Waals surface area contributed by atoms with E-state index in [1.54, 1.807) is 11.1 Å². The van der Waals surface area contributed by atoms with Crippen molar-refractivity contribution in [3.63, 3.8) is 0 Å². The molecule has 2 unspecified atom stereocenters. The molecular weight excluding hydrogens is 230 g/mol. The SMILES string of the molecule is CCNC(CCC(C)(C)C)C1CCc2ccccc21. The number of hydrogen-bond acceptors (Lipinski definition) is 1. The molecule has 0 fully saturated rings. The fraction of sp³-hybridized carbons (Fsp3) is 0.667. The summed E-state index contributed by atoms with van der Waals surface area (Å²) in [4.78, 5) is 0. The second-order valence-electron chi connectivity index (χ2n) is 7.11. The summed E-state index contributed by atoms with van der Waals surface area (Å²) in [5.74, 6) is 0.721. The Bertz CT molecular complexity index is 402. The number of likely N-dealkylation sites (N-methyl/N-ethyl adjacent to an activating group) is 1. The van der Waals surface area contributed by atoms with E-state index < -0.39 is 0 Å². The molecule has 1 heteroatoms. The van der Waals surface area contributed by atoms with Gasteiger partial charge in [-0.1, -0.05) is 52.0 Å². The van der Waals surface area contributed by atoms with Gasteiger partial charge in [0.15, 0.2) is 0 Å². The van der Waals surface area contributed by atoms with Gasteiger partial charge in [-0.25, -0.2) is 0 Å². The van der Waals surface area contributed by atoms with Crippen LogP contribution in [-0.2, 0) is 6.42 Å². The van der Waals surface area contributed by atoms with Crippen LogP contribution >= 0.6 is 0 Å². The summed E-state index contributed by atoms with van der Waals surface area (Å²) in [5.41, 5.74) is 3.61. The van der Waals surface area contributed by atoms with Crippen molar-refractivity contribution in [2.75, 3.05) is 6.54 Å². The van der Waals surface area contributed by atoms with Crippen LogP contribution in [0.25, 0.3) is 0 Å². The van der Waals surface area contributed by atoms with E-state index in [0.717, 1.165) is 12.5 Å². The van der Waals surface area contributed by atoms with Crippen molar-refractivity contribution in [3.05, 3.63) is 35.4 Å². The smallest absolute Gasteiger partial charge is 0.0136 e. The van der Waals surface area contributed by atoms with Crippen LogP contribution in [0, 0.1) is 5.41 Å². The van der Waals surface area contributed by atoms with E-state index in [1.165, 1.54) is 25.7 Å². The molecule has 1 nitrogen and oxygen atoms in total. The zero-order valence-electron chi connectivity index (χ0n) is 13.0. The van der Waals surface area contributed by atoms with E-state index in [9.17, 15) is 0 Å². The van der Waals surface area contributed by atoms with Crippen molar-refractivity contribution in [2.24, 2.45) is 5.41 Å². The minimum absolute atomic E-state index is 0.436. The Hall–Kier alpha value is -0.820. The molecule has 2 atom stereocenters. The first-order valence-corrected chi connectivity index (χ1v) is 7.82. The molecule has 1 aromatic carbocycles. The molecule has 1 aliphatic carbocycles. The summed E-state index contributed by atoms with van der Waals surface area (Å²) in [5, 5.41) is 3.74. The van der Waals surface area contributed by atoms with Gasteiger partial charge >= 0.3 is 0 Å². The number of rotatable bonds is 5. The first-order valence-electron chi connectivity index (χ1n) is 7.82. The number of fused-ring (bicyclic) bond motifs is 1. The lowest BCUT2D eigenvalue weighted by molar-refractivity contribution is 0.310. The van der Waals surface area contributed by atoms with Crippen LogP contribution in [0.15, 0.2) is 24.3 Å². The van der Waals surface area contributed by atoms with E-state index in [0.29, 0.717) is 11.5 Å². The van der Waals surface area contributed by atoms with Crippen LogP contribution in [0.5, 0.6) is 0 Å². The molecular formula is C18H29N. The first-order chi connectivity index (χ1) is 9.01. The Morgan fingerprint density at radius 2 is 2.00 bits per heavy atom. The molecule has 1 aromatic rings. The van der Waals surface area contributed by atoms with E-state index in [1.807, 2.05) is 0 Å². The molecule has 0 saturated carbocycles. The standard InChI is InChI=1S/C18H29N/c1-5-19-17(12-13-18(2,3)4)16-11-10-14-8-6-7-9-15(14)16/h6-9,16-17,19H,5,10-13H2,1-4H3. The fourth-order valence-corrected chi connectivity index (χ4v) is 3.30. The molecule has 2 rings (SSSR count). The fourth-order valence-electron chi connectivity index (χ4n) is 3.30. The lowest BCUT2D eigenvalue weighted by Crippen LogP contribution is -2.35. The maximum Gasteiger partial charge on any atom is 0.0136 e. The van der Waals surface area contributed by atoms with Crippen molar-refractivity contribution in [1.82, 2.24) is 5.32 Å². The van der Waals surface area contributed by atoms with Gasteiger partial charge in [-0.15, -0.1) is 0 Å². The Kier molecular flexibility index (Phi) is 4.67. The largest absolute Gasteiger partial charge is 0.314 e. The van der Waals surface area contributed by atoms with Crippen LogP contribution in [0.4, 0.5) is 0 Å². The third-order valence-electron chi connectivity index (χ3n) is 4.34. The minimum Gasteiger partial charge on any atom is -0.314 e. The minimum atomic E-state index is 0.436. The monoisotopic (exact) mass is 259 g/mol. The highest BCUT2D eigenvalue weighted by atomic mass is 14.9. The van der Waals surface area contributed by atoms with E-state index in [-0.39, 0.29) is 0 Å². The summed E-state index contributed by atoms with van der Waals surface area (Å²) in [6, 6.07) is 9.67. The lowest BCUT2D eigenvalue weighted by Gasteiger charge is -2.28. The van der Waals surface area contributed by atoms with Gasteiger partial charge in [-0.05, 0) is 54.7 Å². The highest BCUT2D eigenvalue weighted by molar-refractivity contribution is 5.36. The van der Waals surface area contributed by atoms with Crippen LogP contribution in [0.3, 0.4) is 0 Å². The number of aryl methyl sites for hydroxylation is 1. The molecule has 1 aliphatic rings. The maximum atomic E-state index is 3.74. The predicted octanol–water partition coefficient (Wildman–Crippen LogP) is 4.52. The van der Waals surface area contributed by atoms with Gasteiger partial charge in [0.1, 0.15) is 0 Å². The van der Waals surface area contributed by atoms with Gasteiger partial charge in [-0.2, -0.15) is 0 Å². The second kappa shape index (κ2) is 6.09. The molecule has 0 heterocycles. The molecule has 1 N–H and O–H groups in total. The molecule has 0 aliphatic heterocycles. The van der Waals surface area contributed by atoms with Gasteiger partial charge in [0, 0.05) is 6.04 Å². The Balaban J connectivity index is 2.08. The molecule has 0 aromatic heterocycles. The molecule has 19 heavy (non-hydrogen) atoms. The zero-order valence-corrected chi connectivity index (χ0v) is 13.0. The quantitative estimate of drug-likeness (QED) is 0.819. The highest BCUT2D eigenvalue weighted by Crippen LogP contribution is 2.37. The second-order valence-corrected chi connectivity index (χ2v) is 7.11. The van der Waals surface area contributed by atoms with Crippen molar-refractivity contribution in [1.29, 1.82) is 0 Å². The zero-order chi connectivity index (χ0) is 13.9. The van der Waals surface area contributed by atoms with E-state index in [2.05, 4.69) is 57.3 Å². The van der Waals surface area contributed by atoms with Gasteiger partial charge in [0.2, 0.25) is 0 Å². The predicted molar refractivity (Wildman–Crippen MR) is 83.7 cm³/mol. The third kappa shape index (κ3) is 3.82. The summed E-state index contributed by atoms with van der Waals surface area (Å²) in [7, 11) is 0. The Morgan fingerprint density at radius 3 is 2.68 bits per heavy atom. The third-order valence-corrected chi connectivity index (χ3v) is 4.34. The molecule has 0 bridgehead atoms.